The van der Waals surface area contributed by atoms with Crippen molar-refractivity contribution in [2.24, 2.45) is 5.10 Å². The Bertz CT molecular complexity index is 1470. The van der Waals surface area contributed by atoms with Crippen LogP contribution in [0.1, 0.15) is 15.9 Å². The number of benzene rings is 4. The first kappa shape index (κ1) is 27.4. The second-order valence-electron chi connectivity index (χ2n) is 8.11. The van der Waals surface area contributed by atoms with Gasteiger partial charge in [0.1, 0.15) is 11.5 Å². The number of ether oxygens (including phenoxy) is 4. The molecule has 0 atom stereocenters. The number of amides is 1. The molecule has 0 bridgehead atoms. The van der Waals surface area contributed by atoms with E-state index in [0.29, 0.717) is 22.8 Å². The molecule has 0 saturated carbocycles. The van der Waals surface area contributed by atoms with Gasteiger partial charge in [-0.25, -0.2) is 10.2 Å². The van der Waals surface area contributed by atoms with Gasteiger partial charge in [-0.3, -0.25) is 4.79 Å². The number of nitrogens with one attached hydrogen (secondary N) is 1. The molecule has 9 heteroatoms. The molecule has 4 aromatic rings. The summed E-state index contributed by atoms with van der Waals surface area (Å²) in [7, 11) is 2.99. The monoisotopic (exact) mass is 588 g/mol. The Kier molecular flexibility index (Phi) is 9.31. The topological polar surface area (TPSA) is 95.5 Å². The lowest BCUT2D eigenvalue weighted by molar-refractivity contribution is -0.123. The summed E-state index contributed by atoms with van der Waals surface area (Å²) in [6, 6.07) is 27.2. The SMILES string of the molecule is COc1ccc(C(=O)Oc2ccc(Br)cc2C=NNC(=O)COc2ccc(-c3ccccc3)cc2)cc1OC. The fourth-order valence-corrected chi connectivity index (χ4v) is 3.94. The molecule has 1 N–H and O–H groups in total. The Morgan fingerprint density at radius 2 is 1.51 bits per heavy atom. The molecular formula is C30H25BrN2O6. The van der Waals surface area contributed by atoms with Gasteiger partial charge in [0.15, 0.2) is 18.1 Å². The maximum atomic E-state index is 12.8. The van der Waals surface area contributed by atoms with Crippen molar-refractivity contribution in [1.29, 1.82) is 0 Å². The van der Waals surface area contributed by atoms with E-state index < -0.39 is 11.9 Å². The zero-order valence-corrected chi connectivity index (χ0v) is 22.8. The lowest BCUT2D eigenvalue weighted by Gasteiger charge is -2.11. The van der Waals surface area contributed by atoms with Crippen LogP contribution in [-0.2, 0) is 4.79 Å². The zero-order valence-electron chi connectivity index (χ0n) is 21.2. The third kappa shape index (κ3) is 7.45. The van der Waals surface area contributed by atoms with Gasteiger partial charge in [-0.1, -0.05) is 58.4 Å². The van der Waals surface area contributed by atoms with Crippen LogP contribution in [0.4, 0.5) is 0 Å². The highest BCUT2D eigenvalue weighted by molar-refractivity contribution is 9.10. The van der Waals surface area contributed by atoms with E-state index in [4.69, 9.17) is 18.9 Å². The number of rotatable bonds is 10. The summed E-state index contributed by atoms with van der Waals surface area (Å²) in [6.07, 6.45) is 1.38. The van der Waals surface area contributed by atoms with Gasteiger partial charge in [0.2, 0.25) is 0 Å². The number of methoxy groups -OCH3 is 2. The summed E-state index contributed by atoms with van der Waals surface area (Å²) in [5.74, 6) is 0.674. The molecule has 4 rings (SSSR count). The second-order valence-corrected chi connectivity index (χ2v) is 9.03. The molecule has 8 nitrogen and oxygen atoms in total. The maximum absolute atomic E-state index is 12.8. The molecule has 39 heavy (non-hydrogen) atoms. The van der Waals surface area contributed by atoms with Crippen molar-refractivity contribution in [1.82, 2.24) is 5.43 Å². The lowest BCUT2D eigenvalue weighted by Crippen LogP contribution is -2.24. The van der Waals surface area contributed by atoms with E-state index in [0.717, 1.165) is 15.6 Å². The number of nitrogens with zero attached hydrogens (tertiary/aromatic N) is 1. The van der Waals surface area contributed by atoms with Crippen molar-refractivity contribution in [2.45, 2.75) is 0 Å². The first-order chi connectivity index (χ1) is 19.0. The lowest BCUT2D eigenvalue weighted by atomic mass is 10.1. The van der Waals surface area contributed by atoms with E-state index in [9.17, 15) is 9.59 Å². The minimum Gasteiger partial charge on any atom is -0.493 e. The Balaban J connectivity index is 1.35. The predicted molar refractivity (Wildman–Crippen MR) is 152 cm³/mol. The summed E-state index contributed by atoms with van der Waals surface area (Å²) < 4.78 is 22.3. The average Bonchev–Trinajstić information content (AvgIpc) is 2.97. The van der Waals surface area contributed by atoms with E-state index >= 15 is 0 Å². The van der Waals surface area contributed by atoms with E-state index in [-0.39, 0.29) is 17.9 Å². The van der Waals surface area contributed by atoms with Crippen molar-refractivity contribution in [3.63, 3.8) is 0 Å². The van der Waals surface area contributed by atoms with Crippen LogP contribution in [0.15, 0.2) is 101 Å². The Labute approximate surface area is 234 Å². The van der Waals surface area contributed by atoms with E-state index in [1.165, 1.54) is 26.5 Å². The number of hydrogen-bond acceptors (Lipinski definition) is 7. The molecule has 0 aliphatic carbocycles. The molecule has 4 aromatic carbocycles. The summed E-state index contributed by atoms with van der Waals surface area (Å²) >= 11 is 3.39. The number of hydrogen-bond donors (Lipinski definition) is 1. The van der Waals surface area contributed by atoms with Crippen molar-refractivity contribution in [3.8, 4) is 34.1 Å². The van der Waals surface area contributed by atoms with Crippen molar-refractivity contribution in [2.75, 3.05) is 20.8 Å². The minimum atomic E-state index is -0.594. The Hall–Kier alpha value is -4.63. The van der Waals surface area contributed by atoms with Crippen molar-refractivity contribution >= 4 is 34.0 Å². The molecular weight excluding hydrogens is 564 g/mol. The van der Waals surface area contributed by atoms with Crippen molar-refractivity contribution < 1.29 is 28.5 Å². The first-order valence-corrected chi connectivity index (χ1v) is 12.6. The molecule has 0 heterocycles. The highest BCUT2D eigenvalue weighted by atomic mass is 79.9. The fourth-order valence-electron chi connectivity index (χ4n) is 3.56. The molecule has 198 valence electrons. The third-order valence-corrected chi connectivity index (χ3v) is 6.01. The largest absolute Gasteiger partial charge is 0.493 e. The normalized spacial score (nSPS) is 10.6. The highest BCUT2D eigenvalue weighted by Gasteiger charge is 2.15. The Morgan fingerprint density at radius 3 is 2.23 bits per heavy atom. The van der Waals surface area contributed by atoms with Gasteiger partial charge in [-0.2, -0.15) is 5.10 Å². The number of halogens is 1. The second kappa shape index (κ2) is 13.3. The predicted octanol–water partition coefficient (Wildman–Crippen LogP) is 5.88. The van der Waals surface area contributed by atoms with E-state index in [2.05, 4.69) is 26.5 Å². The molecule has 0 aromatic heterocycles. The van der Waals surface area contributed by atoms with Gasteiger partial charge in [0, 0.05) is 10.0 Å². The minimum absolute atomic E-state index is 0.221. The molecule has 0 radical (unpaired) electrons. The zero-order chi connectivity index (χ0) is 27.6. The van der Waals surface area contributed by atoms with Crippen LogP contribution in [0.3, 0.4) is 0 Å². The number of esters is 1. The molecule has 0 aliphatic rings. The molecule has 0 spiro atoms. The van der Waals surface area contributed by atoms with Crippen LogP contribution in [0.2, 0.25) is 0 Å². The molecule has 1 amide bonds. The highest BCUT2D eigenvalue weighted by Crippen LogP contribution is 2.29. The first-order valence-electron chi connectivity index (χ1n) is 11.8. The average molecular weight is 589 g/mol. The molecule has 0 aliphatic heterocycles. The number of carbonyl (C=O) groups is 2. The standard InChI is InChI=1S/C30H25BrN2O6/c1-36-27-14-10-22(17-28(27)37-2)30(35)39-26-15-11-24(31)16-23(26)18-32-33-29(34)19-38-25-12-8-21(9-13-25)20-6-4-3-5-7-20/h3-18H,19H2,1-2H3,(H,33,34). The van der Waals surface area contributed by atoms with Gasteiger partial charge in [0.05, 0.1) is 26.0 Å². The molecule has 0 saturated heterocycles. The van der Waals surface area contributed by atoms with Crippen LogP contribution in [-0.4, -0.2) is 38.9 Å². The van der Waals surface area contributed by atoms with Gasteiger partial charge < -0.3 is 18.9 Å². The number of hydrazone groups is 1. The molecule has 0 unspecified atom stereocenters. The van der Waals surface area contributed by atoms with Crippen LogP contribution in [0, 0.1) is 0 Å². The van der Waals surface area contributed by atoms with Crippen molar-refractivity contribution in [3.05, 3.63) is 107 Å². The summed E-state index contributed by atoms with van der Waals surface area (Å²) in [5, 5.41) is 3.99. The van der Waals surface area contributed by atoms with Gasteiger partial charge in [-0.05, 0) is 59.7 Å². The Morgan fingerprint density at radius 1 is 0.821 bits per heavy atom. The van der Waals surface area contributed by atoms with Gasteiger partial charge in [0.25, 0.3) is 5.91 Å². The molecule has 0 fully saturated rings. The maximum Gasteiger partial charge on any atom is 0.343 e. The van der Waals surface area contributed by atoms with E-state index in [1.807, 2.05) is 42.5 Å². The van der Waals surface area contributed by atoms with Crippen LogP contribution >= 0.6 is 15.9 Å². The van der Waals surface area contributed by atoms with Crippen LogP contribution in [0.5, 0.6) is 23.0 Å². The smallest absolute Gasteiger partial charge is 0.343 e. The number of carbonyl (C=O) groups excluding carboxylic acids is 2. The fraction of sp³-hybridized carbons (Fsp3) is 0.100. The summed E-state index contributed by atoms with van der Waals surface area (Å²) in [6.45, 7) is -0.221. The summed E-state index contributed by atoms with van der Waals surface area (Å²) in [4.78, 5) is 25.0. The van der Waals surface area contributed by atoms with E-state index in [1.54, 1.807) is 42.5 Å². The quantitative estimate of drug-likeness (QED) is 0.107. The van der Waals surface area contributed by atoms with Crippen LogP contribution < -0.4 is 24.4 Å². The summed E-state index contributed by atoms with van der Waals surface area (Å²) in [5.41, 5.74) is 5.31. The van der Waals surface area contributed by atoms with Gasteiger partial charge in [-0.15, -0.1) is 0 Å². The van der Waals surface area contributed by atoms with Gasteiger partial charge >= 0.3 is 5.97 Å². The van der Waals surface area contributed by atoms with Crippen LogP contribution in [0.25, 0.3) is 11.1 Å². The third-order valence-electron chi connectivity index (χ3n) is 5.52.